The molecule has 2 nitrogen and oxygen atoms in total. The van der Waals surface area contributed by atoms with Gasteiger partial charge < -0.3 is 4.74 Å². The summed E-state index contributed by atoms with van der Waals surface area (Å²) in [6.45, 7) is 0.0863. The molecule has 0 amide bonds. The van der Waals surface area contributed by atoms with E-state index in [1.807, 2.05) is 0 Å². The molecule has 0 aliphatic carbocycles. The Morgan fingerprint density at radius 3 is 2.50 bits per heavy atom. The Morgan fingerprint density at radius 2 is 2.20 bits per heavy atom. The van der Waals surface area contributed by atoms with Gasteiger partial charge in [-0.2, -0.15) is 17.6 Å². The van der Waals surface area contributed by atoms with E-state index in [4.69, 9.17) is 0 Å². The number of nitrogens with zero attached hydrogens (tertiary/aromatic N) is 1. The molecule has 0 atom stereocenters. The van der Waals surface area contributed by atoms with Crippen LogP contribution < -0.4 is 0 Å². The Hall–Kier alpha value is -0.390. The molecule has 58 valence electrons. The smallest absolute Gasteiger partial charge is 0.469 e. The Labute approximate surface area is 59.6 Å². The lowest BCUT2D eigenvalue weighted by Crippen LogP contribution is -2.28. The number of alkyl halides is 3. The van der Waals surface area contributed by atoms with Gasteiger partial charge in [0.1, 0.15) is 6.61 Å². The number of rotatable bonds is 0. The molecule has 1 aliphatic heterocycles. The second-order valence-corrected chi connectivity index (χ2v) is 2.42. The molecular weight excluding hydrogens is 167 g/mol. The zero-order chi connectivity index (χ0) is 7.61. The molecule has 6 heteroatoms. The van der Waals surface area contributed by atoms with Crippen LogP contribution >= 0.6 is 11.9 Å². The van der Waals surface area contributed by atoms with Crippen molar-refractivity contribution in [2.75, 3.05) is 12.4 Å². The zero-order valence-electron chi connectivity index (χ0n) is 4.81. The lowest BCUT2D eigenvalue weighted by atomic mass is 10.6. The van der Waals surface area contributed by atoms with E-state index in [9.17, 15) is 13.2 Å². The predicted octanol–water partition coefficient (Wildman–Crippen LogP) is 1.63. The molecule has 0 fully saturated rings. The summed E-state index contributed by atoms with van der Waals surface area (Å²) in [5, 5.41) is 0. The van der Waals surface area contributed by atoms with E-state index < -0.39 is 12.1 Å². The first-order chi connectivity index (χ1) is 4.61. The van der Waals surface area contributed by atoms with Crippen molar-refractivity contribution in [3.8, 4) is 0 Å². The minimum Gasteiger partial charge on any atom is -0.473 e. The molecule has 1 aliphatic rings. The minimum atomic E-state index is -4.42. The topological polar surface area (TPSA) is 21.6 Å². The first kappa shape index (κ1) is 7.71. The van der Waals surface area contributed by atoms with Gasteiger partial charge >= 0.3 is 12.1 Å². The van der Waals surface area contributed by atoms with Crippen molar-refractivity contribution in [3.05, 3.63) is 0 Å². The molecular formula is C4H4F3NOS. The van der Waals surface area contributed by atoms with Gasteiger partial charge in [0.15, 0.2) is 0 Å². The molecule has 0 bridgehead atoms. The maximum atomic E-state index is 11.7. The van der Waals surface area contributed by atoms with Crippen molar-refractivity contribution in [2.45, 2.75) is 6.18 Å². The maximum absolute atomic E-state index is 11.7. The summed E-state index contributed by atoms with van der Waals surface area (Å²) in [7, 11) is 0. The van der Waals surface area contributed by atoms with Crippen LogP contribution in [0.3, 0.4) is 0 Å². The van der Waals surface area contributed by atoms with Crippen LogP contribution in [0.2, 0.25) is 0 Å². The van der Waals surface area contributed by atoms with Gasteiger partial charge in [-0.25, -0.2) is 0 Å². The summed E-state index contributed by atoms with van der Waals surface area (Å²) in [4.78, 5) is 0. The summed E-state index contributed by atoms with van der Waals surface area (Å²) in [6, 6.07) is 0. The van der Waals surface area contributed by atoms with E-state index in [-0.39, 0.29) is 6.61 Å². The van der Waals surface area contributed by atoms with Crippen molar-refractivity contribution < 1.29 is 17.9 Å². The van der Waals surface area contributed by atoms with Gasteiger partial charge in [-0.15, -0.1) is 0 Å². The molecule has 0 aromatic rings. The Morgan fingerprint density at radius 1 is 1.50 bits per heavy atom. The maximum Gasteiger partial charge on any atom is 0.469 e. The zero-order valence-corrected chi connectivity index (χ0v) is 5.63. The Kier molecular flexibility index (Phi) is 2.08. The van der Waals surface area contributed by atoms with Crippen molar-refractivity contribution in [2.24, 2.45) is 4.40 Å². The lowest BCUT2D eigenvalue weighted by molar-refractivity contribution is -0.0776. The highest BCUT2D eigenvalue weighted by Crippen LogP contribution is 2.23. The third-order valence-electron chi connectivity index (χ3n) is 0.803. The summed E-state index contributed by atoms with van der Waals surface area (Å²) < 4.78 is 42.3. The molecule has 0 saturated carbocycles. The van der Waals surface area contributed by atoms with Crippen LogP contribution in [-0.4, -0.2) is 24.4 Å². The van der Waals surface area contributed by atoms with Crippen molar-refractivity contribution in [1.82, 2.24) is 0 Å². The third kappa shape index (κ3) is 1.80. The van der Waals surface area contributed by atoms with Crippen molar-refractivity contribution in [1.29, 1.82) is 0 Å². The van der Waals surface area contributed by atoms with E-state index in [1.165, 1.54) is 0 Å². The van der Waals surface area contributed by atoms with Gasteiger partial charge in [0.25, 0.3) is 0 Å². The first-order valence-corrected chi connectivity index (χ1v) is 3.45. The SMILES string of the molecule is FC(F)(F)C1=NSCCO1. The highest BCUT2D eigenvalue weighted by atomic mass is 32.2. The fourth-order valence-corrected chi connectivity index (χ4v) is 0.962. The van der Waals surface area contributed by atoms with Crippen LogP contribution in [0.5, 0.6) is 0 Å². The Balaban J connectivity index is 2.62. The highest BCUT2D eigenvalue weighted by molar-refractivity contribution is 7.98. The van der Waals surface area contributed by atoms with Crippen LogP contribution in [0, 0.1) is 0 Å². The fourth-order valence-electron chi connectivity index (χ4n) is 0.440. The molecule has 0 aromatic heterocycles. The van der Waals surface area contributed by atoms with Gasteiger partial charge in [0.05, 0.1) is 0 Å². The monoisotopic (exact) mass is 171 g/mol. The first-order valence-electron chi connectivity index (χ1n) is 2.50. The largest absolute Gasteiger partial charge is 0.473 e. The minimum absolute atomic E-state index is 0.0863. The third-order valence-corrected chi connectivity index (χ3v) is 1.45. The molecule has 0 aromatic carbocycles. The fraction of sp³-hybridized carbons (Fsp3) is 0.750. The quantitative estimate of drug-likeness (QED) is 0.516. The standard InChI is InChI=1S/C4H4F3NOS/c5-4(6,7)3-8-10-2-1-9-3/h1-2H2. The summed E-state index contributed by atoms with van der Waals surface area (Å²) >= 11 is 0.873. The van der Waals surface area contributed by atoms with Crippen LogP contribution in [0.15, 0.2) is 4.40 Å². The van der Waals surface area contributed by atoms with Crippen molar-refractivity contribution >= 4 is 17.8 Å². The van der Waals surface area contributed by atoms with Crippen LogP contribution in [-0.2, 0) is 4.74 Å². The molecule has 1 heterocycles. The average molecular weight is 171 g/mol. The molecule has 1 rings (SSSR count). The molecule has 10 heavy (non-hydrogen) atoms. The molecule has 0 spiro atoms. The average Bonchev–Trinajstić information content (AvgIpc) is 1.88. The highest BCUT2D eigenvalue weighted by Gasteiger charge is 2.39. The van der Waals surface area contributed by atoms with E-state index in [0.29, 0.717) is 5.75 Å². The van der Waals surface area contributed by atoms with Gasteiger partial charge in [-0.05, 0) is 11.9 Å². The van der Waals surface area contributed by atoms with Gasteiger partial charge in [0, 0.05) is 5.75 Å². The normalized spacial score (nSPS) is 19.7. The lowest BCUT2D eigenvalue weighted by Gasteiger charge is -2.14. The van der Waals surface area contributed by atoms with E-state index in [2.05, 4.69) is 9.13 Å². The molecule has 0 unspecified atom stereocenters. The predicted molar refractivity (Wildman–Crippen MR) is 31.9 cm³/mol. The van der Waals surface area contributed by atoms with E-state index in [0.717, 1.165) is 11.9 Å². The second-order valence-electron chi connectivity index (χ2n) is 1.58. The van der Waals surface area contributed by atoms with E-state index in [1.54, 1.807) is 0 Å². The van der Waals surface area contributed by atoms with Crippen LogP contribution in [0.1, 0.15) is 0 Å². The second kappa shape index (κ2) is 2.69. The summed E-state index contributed by atoms with van der Waals surface area (Å²) in [5.41, 5.74) is 0. The molecule has 0 saturated heterocycles. The number of halogens is 3. The van der Waals surface area contributed by atoms with Crippen LogP contribution in [0.4, 0.5) is 13.2 Å². The summed E-state index contributed by atoms with van der Waals surface area (Å²) in [5.74, 6) is -0.636. The molecule has 0 N–H and O–H groups in total. The molecule has 0 radical (unpaired) electrons. The van der Waals surface area contributed by atoms with Crippen molar-refractivity contribution in [3.63, 3.8) is 0 Å². The van der Waals surface area contributed by atoms with Gasteiger partial charge in [0.2, 0.25) is 0 Å². The Bertz CT molecular complexity index is 155. The summed E-state index contributed by atoms with van der Waals surface area (Å²) in [6.07, 6.45) is -4.42. The van der Waals surface area contributed by atoms with E-state index >= 15 is 0 Å². The van der Waals surface area contributed by atoms with Gasteiger partial charge in [-0.1, -0.05) is 0 Å². The number of ether oxygens (including phenoxy) is 1. The van der Waals surface area contributed by atoms with Crippen LogP contribution in [0.25, 0.3) is 0 Å². The van der Waals surface area contributed by atoms with Gasteiger partial charge in [-0.3, -0.25) is 0 Å². The number of hydrogen-bond donors (Lipinski definition) is 0. The number of hydrogen-bond acceptors (Lipinski definition) is 3.